The summed E-state index contributed by atoms with van der Waals surface area (Å²) in [6.07, 6.45) is 4.03. The number of nitrogens with zero attached hydrogens (tertiary/aromatic N) is 3. The molecule has 0 fully saturated rings. The molecule has 1 amide bonds. The van der Waals surface area contributed by atoms with Crippen molar-refractivity contribution in [3.8, 4) is 11.5 Å². The molecule has 7 nitrogen and oxygen atoms in total. The van der Waals surface area contributed by atoms with Crippen LogP contribution in [0, 0.1) is 6.92 Å². The van der Waals surface area contributed by atoms with Crippen LogP contribution in [-0.2, 0) is 0 Å². The molecule has 2 aromatic heterocycles. The summed E-state index contributed by atoms with van der Waals surface area (Å²) in [7, 11) is 1.62. The summed E-state index contributed by atoms with van der Waals surface area (Å²) in [5.41, 5.74) is 2.76. The summed E-state index contributed by atoms with van der Waals surface area (Å²) in [5.74, 6) is 1.30. The van der Waals surface area contributed by atoms with Gasteiger partial charge in [0.25, 0.3) is 5.91 Å². The van der Waals surface area contributed by atoms with Crippen LogP contribution >= 0.6 is 0 Å². The summed E-state index contributed by atoms with van der Waals surface area (Å²) < 4.78 is 12.6. The Hall–Kier alpha value is -3.09. The predicted octanol–water partition coefficient (Wildman–Crippen LogP) is 2.30. The van der Waals surface area contributed by atoms with Gasteiger partial charge in [0.05, 0.1) is 26.0 Å². The Balaban J connectivity index is 1.64. The Morgan fingerprint density at radius 2 is 2.28 bits per heavy atom. The van der Waals surface area contributed by atoms with E-state index in [1.807, 2.05) is 31.2 Å². The average molecular weight is 338 g/mol. The van der Waals surface area contributed by atoms with Gasteiger partial charge in [-0.2, -0.15) is 5.10 Å². The van der Waals surface area contributed by atoms with Gasteiger partial charge in [0.1, 0.15) is 17.1 Å². The molecule has 0 saturated carbocycles. The van der Waals surface area contributed by atoms with Crippen molar-refractivity contribution in [1.82, 2.24) is 19.9 Å². The number of hydrogen-bond acceptors (Lipinski definition) is 5. The second kappa shape index (κ2) is 6.08. The molecule has 0 aliphatic carbocycles. The van der Waals surface area contributed by atoms with Crippen molar-refractivity contribution in [2.45, 2.75) is 19.4 Å². The minimum Gasteiger partial charge on any atom is -0.497 e. The maximum absolute atomic E-state index is 12.8. The van der Waals surface area contributed by atoms with E-state index in [2.05, 4.69) is 15.4 Å². The van der Waals surface area contributed by atoms with E-state index in [4.69, 9.17) is 9.47 Å². The smallest absolute Gasteiger partial charge is 0.257 e. The molecule has 0 bridgehead atoms. The monoisotopic (exact) mass is 338 g/mol. The third-order valence-corrected chi connectivity index (χ3v) is 4.31. The fraction of sp³-hybridized carbons (Fsp3) is 0.278. The first-order chi connectivity index (χ1) is 12.2. The normalized spacial score (nSPS) is 16.2. The van der Waals surface area contributed by atoms with Gasteiger partial charge in [-0.25, -0.2) is 9.50 Å². The van der Waals surface area contributed by atoms with Crippen LogP contribution in [0.4, 0.5) is 0 Å². The number of ether oxygens (including phenoxy) is 2. The molecule has 1 aliphatic rings. The van der Waals surface area contributed by atoms with Gasteiger partial charge in [0.2, 0.25) is 0 Å². The molecule has 128 valence electrons. The highest BCUT2D eigenvalue weighted by atomic mass is 16.5. The second-order valence-electron chi connectivity index (χ2n) is 5.96. The van der Waals surface area contributed by atoms with E-state index in [-0.39, 0.29) is 11.9 Å². The Morgan fingerprint density at radius 3 is 3.12 bits per heavy atom. The van der Waals surface area contributed by atoms with Crippen LogP contribution in [-0.4, -0.2) is 34.2 Å². The van der Waals surface area contributed by atoms with Crippen LogP contribution in [0.3, 0.4) is 0 Å². The number of aryl methyl sites for hydroxylation is 1. The third kappa shape index (κ3) is 2.77. The topological polar surface area (TPSA) is 77.8 Å². The number of rotatable bonds is 3. The Bertz CT molecular complexity index is 951. The van der Waals surface area contributed by atoms with E-state index >= 15 is 0 Å². The zero-order valence-corrected chi connectivity index (χ0v) is 14.0. The minimum absolute atomic E-state index is 0.147. The van der Waals surface area contributed by atoms with Gasteiger partial charge < -0.3 is 14.8 Å². The fourth-order valence-electron chi connectivity index (χ4n) is 3.00. The predicted molar refractivity (Wildman–Crippen MR) is 91.0 cm³/mol. The number of fused-ring (bicyclic) bond motifs is 2. The summed E-state index contributed by atoms with van der Waals surface area (Å²) in [5, 5.41) is 7.27. The summed E-state index contributed by atoms with van der Waals surface area (Å²) in [4.78, 5) is 17.2. The van der Waals surface area contributed by atoms with E-state index in [0.717, 1.165) is 22.8 Å². The molecule has 1 aromatic carbocycles. The third-order valence-electron chi connectivity index (χ3n) is 4.31. The van der Waals surface area contributed by atoms with Crippen LogP contribution in [0.2, 0.25) is 0 Å². The molecule has 1 N–H and O–H groups in total. The highest BCUT2D eigenvalue weighted by molar-refractivity contribution is 5.99. The number of carbonyl (C=O) groups is 1. The summed E-state index contributed by atoms with van der Waals surface area (Å²) >= 11 is 0. The largest absolute Gasteiger partial charge is 0.497 e. The molecule has 7 heteroatoms. The number of hydrogen-bond donors (Lipinski definition) is 1. The molecule has 1 atom stereocenters. The first-order valence-corrected chi connectivity index (χ1v) is 8.08. The number of methoxy groups -OCH3 is 1. The van der Waals surface area contributed by atoms with Crippen molar-refractivity contribution in [3.63, 3.8) is 0 Å². The number of benzene rings is 1. The Morgan fingerprint density at radius 1 is 1.40 bits per heavy atom. The van der Waals surface area contributed by atoms with E-state index in [0.29, 0.717) is 24.2 Å². The number of amides is 1. The molecule has 4 rings (SSSR count). The van der Waals surface area contributed by atoms with Gasteiger partial charge in [-0.05, 0) is 31.2 Å². The fourth-order valence-corrected chi connectivity index (χ4v) is 3.00. The lowest BCUT2D eigenvalue weighted by Crippen LogP contribution is -2.32. The van der Waals surface area contributed by atoms with Gasteiger partial charge in [-0.3, -0.25) is 4.79 Å². The van der Waals surface area contributed by atoms with Gasteiger partial charge in [-0.15, -0.1) is 0 Å². The van der Waals surface area contributed by atoms with Gasteiger partial charge in [-0.1, -0.05) is 0 Å². The summed E-state index contributed by atoms with van der Waals surface area (Å²) in [6, 6.07) is 7.32. The van der Waals surface area contributed by atoms with E-state index in [9.17, 15) is 4.79 Å². The SMILES string of the molecule is COc1ccc2c(c1)[C@@H](NC(=O)c1cnn3ccc(C)nc13)CCO2. The molecular formula is C18H18N4O3. The van der Waals surface area contributed by atoms with Gasteiger partial charge >= 0.3 is 0 Å². The van der Waals surface area contributed by atoms with Gasteiger partial charge in [0, 0.05) is 23.9 Å². The zero-order chi connectivity index (χ0) is 17.4. The Labute approximate surface area is 144 Å². The molecule has 0 saturated heterocycles. The van der Waals surface area contributed by atoms with Crippen molar-refractivity contribution in [2.75, 3.05) is 13.7 Å². The first-order valence-electron chi connectivity index (χ1n) is 8.08. The van der Waals surface area contributed by atoms with Crippen molar-refractivity contribution < 1.29 is 14.3 Å². The quantitative estimate of drug-likeness (QED) is 0.793. The lowest BCUT2D eigenvalue weighted by Gasteiger charge is -2.27. The molecular weight excluding hydrogens is 320 g/mol. The van der Waals surface area contributed by atoms with Crippen molar-refractivity contribution in [2.24, 2.45) is 0 Å². The molecule has 1 aliphatic heterocycles. The molecule has 0 unspecified atom stereocenters. The molecule has 25 heavy (non-hydrogen) atoms. The average Bonchev–Trinajstić information content (AvgIpc) is 3.04. The van der Waals surface area contributed by atoms with Gasteiger partial charge in [0.15, 0.2) is 5.65 Å². The standard InChI is InChI=1S/C18H18N4O3/c1-11-5-7-22-17(20-11)14(10-19-22)18(23)21-15-6-8-25-16-4-3-12(24-2)9-13(15)16/h3-5,7,9-10,15H,6,8H2,1-2H3,(H,21,23)/t15-/m0/s1. The van der Waals surface area contributed by atoms with E-state index in [1.165, 1.54) is 0 Å². The maximum Gasteiger partial charge on any atom is 0.257 e. The Kier molecular flexibility index (Phi) is 3.76. The summed E-state index contributed by atoms with van der Waals surface area (Å²) in [6.45, 7) is 2.44. The molecule has 3 heterocycles. The lowest BCUT2D eigenvalue weighted by atomic mass is 10.00. The van der Waals surface area contributed by atoms with Crippen molar-refractivity contribution in [1.29, 1.82) is 0 Å². The van der Waals surface area contributed by atoms with Crippen LogP contribution < -0.4 is 14.8 Å². The van der Waals surface area contributed by atoms with Crippen LogP contribution in [0.1, 0.15) is 34.1 Å². The molecule has 3 aromatic rings. The van der Waals surface area contributed by atoms with Crippen LogP contribution in [0.25, 0.3) is 5.65 Å². The number of carbonyl (C=O) groups excluding carboxylic acids is 1. The van der Waals surface area contributed by atoms with E-state index < -0.39 is 0 Å². The van der Waals surface area contributed by atoms with Crippen LogP contribution in [0.5, 0.6) is 11.5 Å². The maximum atomic E-state index is 12.8. The lowest BCUT2D eigenvalue weighted by molar-refractivity contribution is 0.0926. The van der Waals surface area contributed by atoms with Crippen molar-refractivity contribution in [3.05, 3.63) is 53.5 Å². The molecule has 0 radical (unpaired) electrons. The minimum atomic E-state index is -0.200. The number of nitrogens with one attached hydrogen (secondary N) is 1. The highest BCUT2D eigenvalue weighted by Crippen LogP contribution is 2.35. The van der Waals surface area contributed by atoms with Crippen LogP contribution in [0.15, 0.2) is 36.7 Å². The molecule has 0 spiro atoms. The number of aromatic nitrogens is 3. The first kappa shape index (κ1) is 15.4. The zero-order valence-electron chi connectivity index (χ0n) is 14.0. The highest BCUT2D eigenvalue weighted by Gasteiger charge is 2.25. The van der Waals surface area contributed by atoms with Crippen molar-refractivity contribution >= 4 is 11.6 Å². The van der Waals surface area contributed by atoms with E-state index in [1.54, 1.807) is 24.0 Å². The second-order valence-corrected chi connectivity index (χ2v) is 5.96.